The molecule has 0 saturated carbocycles. The van der Waals surface area contributed by atoms with E-state index in [4.69, 9.17) is 5.73 Å². The van der Waals surface area contributed by atoms with Crippen LogP contribution in [0.3, 0.4) is 0 Å². The molecule has 90 valence electrons. The summed E-state index contributed by atoms with van der Waals surface area (Å²) in [4.78, 5) is 0. The summed E-state index contributed by atoms with van der Waals surface area (Å²) in [6.45, 7) is 0.720. The summed E-state index contributed by atoms with van der Waals surface area (Å²) in [7, 11) is -1.60. The summed E-state index contributed by atoms with van der Waals surface area (Å²) in [5.41, 5.74) is 6.36. The van der Waals surface area contributed by atoms with E-state index in [0.717, 1.165) is 5.56 Å². The van der Waals surface area contributed by atoms with Gasteiger partial charge in [-0.05, 0) is 12.0 Å². The summed E-state index contributed by atoms with van der Waals surface area (Å²) in [5, 5.41) is 0. The Bertz CT molecular complexity index is 403. The predicted octanol–water partition coefficient (Wildman–Crippen LogP) is 0.449. The van der Waals surface area contributed by atoms with Crippen molar-refractivity contribution in [3.8, 4) is 0 Å². The molecule has 0 atom stereocenters. The number of hydrogen-bond donors (Lipinski definition) is 1. The van der Waals surface area contributed by atoms with Gasteiger partial charge in [-0.2, -0.15) is 0 Å². The van der Waals surface area contributed by atoms with E-state index in [0.29, 0.717) is 19.5 Å². The van der Waals surface area contributed by atoms with Gasteiger partial charge in [0.05, 0.1) is 5.75 Å². The highest BCUT2D eigenvalue weighted by atomic mass is 32.2. The van der Waals surface area contributed by atoms with Crippen LogP contribution in [0.1, 0.15) is 5.56 Å². The van der Waals surface area contributed by atoms with E-state index in [1.54, 1.807) is 7.05 Å². The highest BCUT2D eigenvalue weighted by Crippen LogP contribution is 2.04. The molecule has 2 N–H and O–H groups in total. The highest BCUT2D eigenvalue weighted by molar-refractivity contribution is 7.89. The van der Waals surface area contributed by atoms with Crippen molar-refractivity contribution >= 4 is 10.0 Å². The molecule has 0 saturated heterocycles. The first kappa shape index (κ1) is 13.2. The number of sulfonamides is 1. The lowest BCUT2D eigenvalue weighted by molar-refractivity contribution is 0.476. The van der Waals surface area contributed by atoms with Crippen LogP contribution in [0.5, 0.6) is 0 Å². The van der Waals surface area contributed by atoms with Gasteiger partial charge in [-0.25, -0.2) is 12.7 Å². The fourth-order valence-corrected chi connectivity index (χ4v) is 2.56. The van der Waals surface area contributed by atoms with Gasteiger partial charge < -0.3 is 5.73 Å². The van der Waals surface area contributed by atoms with Gasteiger partial charge in [0.2, 0.25) is 10.0 Å². The fraction of sp³-hybridized carbons (Fsp3) is 0.455. The van der Waals surface area contributed by atoms with Crippen molar-refractivity contribution in [2.24, 2.45) is 5.73 Å². The van der Waals surface area contributed by atoms with Crippen LogP contribution in [0.2, 0.25) is 0 Å². The largest absolute Gasteiger partial charge is 0.329 e. The molecule has 0 radical (unpaired) electrons. The molecule has 0 aromatic heterocycles. The Hall–Kier alpha value is -0.910. The van der Waals surface area contributed by atoms with Crippen molar-refractivity contribution in [3.63, 3.8) is 0 Å². The molecule has 0 aliphatic carbocycles. The highest BCUT2D eigenvalue weighted by Gasteiger charge is 2.16. The number of likely N-dealkylation sites (N-methyl/N-ethyl adjacent to an activating group) is 1. The van der Waals surface area contributed by atoms with Crippen molar-refractivity contribution < 1.29 is 8.42 Å². The van der Waals surface area contributed by atoms with E-state index in [9.17, 15) is 8.42 Å². The standard InChI is InChI=1S/C11H18N2O2S/c1-13(9-8-12)16(14,15)10-7-11-5-3-2-4-6-11/h2-6H,7-10,12H2,1H3. The van der Waals surface area contributed by atoms with E-state index in [2.05, 4.69) is 0 Å². The topological polar surface area (TPSA) is 63.4 Å². The van der Waals surface area contributed by atoms with Gasteiger partial charge in [-0.3, -0.25) is 0 Å². The van der Waals surface area contributed by atoms with E-state index in [-0.39, 0.29) is 5.75 Å². The second-order valence-electron chi connectivity index (χ2n) is 3.66. The van der Waals surface area contributed by atoms with Gasteiger partial charge in [0.15, 0.2) is 0 Å². The molecule has 0 unspecified atom stereocenters. The van der Waals surface area contributed by atoms with Crippen LogP contribution < -0.4 is 5.73 Å². The molecular formula is C11H18N2O2S. The van der Waals surface area contributed by atoms with Crippen LogP contribution in [0, 0.1) is 0 Å². The number of hydrogen-bond acceptors (Lipinski definition) is 3. The molecule has 1 rings (SSSR count). The Morgan fingerprint density at radius 1 is 1.25 bits per heavy atom. The maximum Gasteiger partial charge on any atom is 0.214 e. The van der Waals surface area contributed by atoms with Crippen LogP contribution in [0.25, 0.3) is 0 Å². The molecule has 0 heterocycles. The first-order valence-electron chi connectivity index (χ1n) is 5.24. The van der Waals surface area contributed by atoms with Gasteiger partial charge in [-0.15, -0.1) is 0 Å². The van der Waals surface area contributed by atoms with Gasteiger partial charge in [0.25, 0.3) is 0 Å². The first-order chi connectivity index (χ1) is 7.56. The summed E-state index contributed by atoms with van der Waals surface area (Å²) >= 11 is 0. The molecule has 0 spiro atoms. The Kier molecular flexibility index (Phi) is 4.92. The minimum Gasteiger partial charge on any atom is -0.329 e. The van der Waals surface area contributed by atoms with E-state index in [1.807, 2.05) is 30.3 Å². The fourth-order valence-electron chi connectivity index (χ4n) is 1.37. The lowest BCUT2D eigenvalue weighted by atomic mass is 10.2. The lowest BCUT2D eigenvalue weighted by Crippen LogP contribution is -2.34. The Balaban J connectivity index is 2.55. The summed E-state index contributed by atoms with van der Waals surface area (Å²) in [5.74, 6) is 0.132. The quantitative estimate of drug-likeness (QED) is 0.787. The van der Waals surface area contributed by atoms with E-state index in [1.165, 1.54) is 4.31 Å². The van der Waals surface area contributed by atoms with Crippen molar-refractivity contribution in [2.75, 3.05) is 25.9 Å². The van der Waals surface area contributed by atoms with Gasteiger partial charge in [0.1, 0.15) is 0 Å². The second kappa shape index (κ2) is 5.98. The zero-order valence-electron chi connectivity index (χ0n) is 9.46. The molecule has 1 aromatic rings. The molecule has 0 amide bonds. The predicted molar refractivity (Wildman–Crippen MR) is 65.6 cm³/mol. The molecule has 0 aliphatic heterocycles. The minimum absolute atomic E-state index is 0.132. The van der Waals surface area contributed by atoms with Crippen molar-refractivity contribution in [3.05, 3.63) is 35.9 Å². The smallest absolute Gasteiger partial charge is 0.214 e. The zero-order valence-corrected chi connectivity index (χ0v) is 10.3. The second-order valence-corrected chi connectivity index (χ2v) is 5.86. The number of nitrogens with zero attached hydrogens (tertiary/aromatic N) is 1. The van der Waals surface area contributed by atoms with Crippen molar-refractivity contribution in [1.29, 1.82) is 0 Å². The first-order valence-corrected chi connectivity index (χ1v) is 6.85. The van der Waals surface area contributed by atoms with Gasteiger partial charge >= 0.3 is 0 Å². The number of aryl methyl sites for hydroxylation is 1. The SMILES string of the molecule is CN(CCN)S(=O)(=O)CCc1ccccc1. The normalized spacial score (nSPS) is 11.9. The van der Waals surface area contributed by atoms with Gasteiger partial charge in [-0.1, -0.05) is 30.3 Å². The summed E-state index contributed by atoms with van der Waals surface area (Å²) in [6, 6.07) is 9.59. The molecule has 0 bridgehead atoms. The monoisotopic (exact) mass is 242 g/mol. The zero-order chi connectivity index (χ0) is 12.0. The van der Waals surface area contributed by atoms with Crippen LogP contribution in [-0.2, 0) is 16.4 Å². The molecule has 1 aromatic carbocycles. The van der Waals surface area contributed by atoms with Gasteiger partial charge in [0, 0.05) is 20.1 Å². The third-order valence-corrected chi connectivity index (χ3v) is 4.26. The maximum absolute atomic E-state index is 11.8. The van der Waals surface area contributed by atoms with E-state index >= 15 is 0 Å². The summed E-state index contributed by atoms with van der Waals surface area (Å²) in [6.07, 6.45) is 0.540. The van der Waals surface area contributed by atoms with Crippen LogP contribution >= 0.6 is 0 Å². The number of benzene rings is 1. The number of rotatable bonds is 6. The van der Waals surface area contributed by atoms with Crippen molar-refractivity contribution in [1.82, 2.24) is 4.31 Å². The van der Waals surface area contributed by atoms with Crippen LogP contribution in [0.15, 0.2) is 30.3 Å². The average Bonchev–Trinajstić information content (AvgIpc) is 2.28. The maximum atomic E-state index is 11.8. The lowest BCUT2D eigenvalue weighted by Gasteiger charge is -2.15. The average molecular weight is 242 g/mol. The molecule has 4 nitrogen and oxygen atoms in total. The Morgan fingerprint density at radius 2 is 1.88 bits per heavy atom. The van der Waals surface area contributed by atoms with Crippen LogP contribution in [-0.4, -0.2) is 38.6 Å². The number of nitrogens with two attached hydrogens (primary N) is 1. The molecule has 0 fully saturated rings. The molecule has 16 heavy (non-hydrogen) atoms. The molecular weight excluding hydrogens is 224 g/mol. The Labute approximate surface area is 97.1 Å². The van der Waals surface area contributed by atoms with Crippen LogP contribution in [0.4, 0.5) is 0 Å². The third-order valence-electron chi connectivity index (χ3n) is 2.41. The van der Waals surface area contributed by atoms with E-state index < -0.39 is 10.0 Å². The Morgan fingerprint density at radius 3 is 2.44 bits per heavy atom. The third kappa shape index (κ3) is 3.92. The molecule has 5 heteroatoms. The summed E-state index contributed by atoms with van der Waals surface area (Å²) < 4.78 is 24.8. The molecule has 0 aliphatic rings. The minimum atomic E-state index is -3.17. The van der Waals surface area contributed by atoms with Crippen molar-refractivity contribution in [2.45, 2.75) is 6.42 Å².